The summed E-state index contributed by atoms with van der Waals surface area (Å²) in [5.74, 6) is 0. The zero-order chi connectivity index (χ0) is 36.8. The topological polar surface area (TPSA) is 3.24 Å². The monoisotopic (exact) mass is 693 g/mol. The van der Waals surface area contributed by atoms with Crippen LogP contribution in [0.25, 0.3) is 39.0 Å². The molecule has 0 saturated carbocycles. The quantitative estimate of drug-likeness (QED) is 0.173. The van der Waals surface area contributed by atoms with Gasteiger partial charge in [0.2, 0.25) is 0 Å². The molecule has 0 aliphatic heterocycles. The van der Waals surface area contributed by atoms with Crippen molar-refractivity contribution in [1.82, 2.24) is 0 Å². The van der Waals surface area contributed by atoms with Crippen LogP contribution in [-0.2, 0) is 11.8 Å². The van der Waals surface area contributed by atoms with Crippen molar-refractivity contribution < 1.29 is 0 Å². The second-order valence-corrected chi connectivity index (χ2v) is 15.1. The number of benzene rings is 6. The Balaban J connectivity index is 1.18. The zero-order valence-electron chi connectivity index (χ0n) is 31.0. The summed E-state index contributed by atoms with van der Waals surface area (Å²) >= 11 is 0. The second-order valence-electron chi connectivity index (χ2n) is 15.1. The van der Waals surface area contributed by atoms with Crippen LogP contribution in [0.1, 0.15) is 42.5 Å². The van der Waals surface area contributed by atoms with Gasteiger partial charge in [-0.3, -0.25) is 0 Å². The molecule has 9 rings (SSSR count). The normalized spacial score (nSPS) is 17.7. The lowest BCUT2D eigenvalue weighted by molar-refractivity contribution is 0.653. The highest BCUT2D eigenvalue weighted by Crippen LogP contribution is 2.50. The van der Waals surface area contributed by atoms with E-state index in [2.05, 4.69) is 208 Å². The molecular formula is C53H43N. The van der Waals surface area contributed by atoms with Gasteiger partial charge < -0.3 is 4.90 Å². The van der Waals surface area contributed by atoms with Crippen molar-refractivity contribution in [3.63, 3.8) is 0 Å². The van der Waals surface area contributed by atoms with Crippen molar-refractivity contribution in [2.24, 2.45) is 0 Å². The van der Waals surface area contributed by atoms with Gasteiger partial charge in [0, 0.05) is 28.9 Å². The van der Waals surface area contributed by atoms with Gasteiger partial charge in [-0.25, -0.2) is 0 Å². The van der Waals surface area contributed by atoms with Gasteiger partial charge in [-0.05, 0) is 115 Å². The minimum absolute atomic E-state index is 0.157. The Morgan fingerprint density at radius 2 is 1.09 bits per heavy atom. The zero-order valence-corrected chi connectivity index (χ0v) is 31.0. The minimum Gasteiger partial charge on any atom is -0.314 e. The number of fused-ring (bicyclic) bond motifs is 5. The summed E-state index contributed by atoms with van der Waals surface area (Å²) in [6, 6.07) is 53.3. The van der Waals surface area contributed by atoms with Gasteiger partial charge in [-0.1, -0.05) is 173 Å². The highest BCUT2D eigenvalue weighted by Gasteiger charge is 2.37. The van der Waals surface area contributed by atoms with E-state index < -0.39 is 0 Å². The lowest BCUT2D eigenvalue weighted by Gasteiger charge is -2.29. The molecule has 3 aliphatic rings. The maximum Gasteiger partial charge on any atom is 0.0458 e. The first-order chi connectivity index (χ1) is 26.4. The Hall–Kier alpha value is -6.44. The molecule has 260 valence electrons. The third-order valence-electron chi connectivity index (χ3n) is 11.5. The fourth-order valence-electron chi connectivity index (χ4n) is 8.66. The fourth-order valence-corrected chi connectivity index (χ4v) is 8.66. The van der Waals surface area contributed by atoms with Crippen molar-refractivity contribution in [3.05, 3.63) is 234 Å². The van der Waals surface area contributed by atoms with Gasteiger partial charge >= 0.3 is 0 Å². The smallest absolute Gasteiger partial charge is 0.0458 e. The molecule has 0 aromatic heterocycles. The average Bonchev–Trinajstić information content (AvgIpc) is 3.68. The highest BCUT2D eigenvalue weighted by molar-refractivity contribution is 5.87. The van der Waals surface area contributed by atoms with Gasteiger partial charge in [0.1, 0.15) is 0 Å². The number of anilines is 2. The van der Waals surface area contributed by atoms with E-state index in [-0.39, 0.29) is 5.41 Å². The van der Waals surface area contributed by atoms with Crippen LogP contribution in [0.15, 0.2) is 212 Å². The summed E-state index contributed by atoms with van der Waals surface area (Å²) < 4.78 is 0. The SMILES string of the molecule is C=C1/C=C\C=C(\N(c2ccc(-c3ccccc3)cc2)c2ccc(-c3cccc4c3Cc3ccccc3-4)cc2)CC2=C(/C=C\C1=C)C(C)(C)c1ccccc12. The highest BCUT2D eigenvalue weighted by atomic mass is 15.1. The maximum absolute atomic E-state index is 4.37. The third-order valence-corrected chi connectivity index (χ3v) is 11.5. The van der Waals surface area contributed by atoms with Gasteiger partial charge in [-0.2, -0.15) is 0 Å². The molecule has 0 heterocycles. The first kappa shape index (κ1) is 33.4. The molecule has 0 saturated heterocycles. The van der Waals surface area contributed by atoms with Gasteiger partial charge in [0.25, 0.3) is 0 Å². The molecule has 0 spiro atoms. The van der Waals surface area contributed by atoms with Crippen LogP contribution in [0.4, 0.5) is 11.4 Å². The predicted molar refractivity (Wildman–Crippen MR) is 230 cm³/mol. The molecule has 0 unspecified atom stereocenters. The largest absolute Gasteiger partial charge is 0.314 e. The molecule has 3 aliphatic carbocycles. The number of nitrogens with zero attached hydrogens (tertiary/aromatic N) is 1. The number of hydrogen-bond acceptors (Lipinski definition) is 1. The van der Waals surface area contributed by atoms with Crippen LogP contribution >= 0.6 is 0 Å². The fraction of sp³-hybridized carbons (Fsp3) is 0.0943. The predicted octanol–water partition coefficient (Wildman–Crippen LogP) is 14.0. The van der Waals surface area contributed by atoms with Crippen molar-refractivity contribution >= 4 is 16.9 Å². The van der Waals surface area contributed by atoms with Crippen LogP contribution in [0, 0.1) is 0 Å². The van der Waals surface area contributed by atoms with E-state index in [1.54, 1.807) is 0 Å². The van der Waals surface area contributed by atoms with E-state index in [0.29, 0.717) is 0 Å². The summed E-state index contributed by atoms with van der Waals surface area (Å²) in [6.45, 7) is 13.4. The standard InChI is InChI=1S/C53H43N/c1-36-14-12-18-44(35-50-48-20-10-11-23-51(48)53(3,4)52(50)33-24-37(36)2)54(42-29-25-39(26-30-42)38-15-6-5-7-16-38)43-31-27-40(28-32-43)45-21-13-22-47-46-19-9-8-17-41(46)34-49(45)47/h5-33H,1-2,34-35H2,3-4H3/b14-12-,33-24-,44-18+. The summed E-state index contributed by atoms with van der Waals surface area (Å²) in [4.78, 5) is 2.44. The molecule has 0 bridgehead atoms. The molecule has 1 nitrogen and oxygen atoms in total. The van der Waals surface area contributed by atoms with Crippen molar-refractivity contribution in [1.29, 1.82) is 0 Å². The van der Waals surface area contributed by atoms with Crippen molar-refractivity contribution in [2.75, 3.05) is 4.90 Å². The molecule has 54 heavy (non-hydrogen) atoms. The Morgan fingerprint density at radius 1 is 0.500 bits per heavy atom. The number of hydrogen-bond donors (Lipinski definition) is 0. The molecular weight excluding hydrogens is 651 g/mol. The van der Waals surface area contributed by atoms with Crippen LogP contribution in [-0.4, -0.2) is 0 Å². The van der Waals surface area contributed by atoms with Crippen LogP contribution in [0.3, 0.4) is 0 Å². The van der Waals surface area contributed by atoms with Crippen LogP contribution in [0.5, 0.6) is 0 Å². The van der Waals surface area contributed by atoms with E-state index in [9.17, 15) is 0 Å². The second kappa shape index (κ2) is 13.5. The Bertz CT molecular complexity index is 2570. The molecule has 0 N–H and O–H groups in total. The first-order valence-corrected chi connectivity index (χ1v) is 18.9. The summed E-state index contributed by atoms with van der Waals surface area (Å²) in [5, 5.41) is 0. The van der Waals surface area contributed by atoms with E-state index in [0.717, 1.165) is 35.4 Å². The van der Waals surface area contributed by atoms with Crippen LogP contribution < -0.4 is 4.90 Å². The minimum atomic E-state index is -0.157. The van der Waals surface area contributed by atoms with E-state index >= 15 is 0 Å². The molecule has 0 atom stereocenters. The molecule has 0 radical (unpaired) electrons. The molecule has 0 amide bonds. The van der Waals surface area contributed by atoms with E-state index in [4.69, 9.17) is 0 Å². The lowest BCUT2D eigenvalue weighted by Crippen LogP contribution is -2.18. The van der Waals surface area contributed by atoms with E-state index in [1.165, 1.54) is 72.5 Å². The summed E-state index contributed by atoms with van der Waals surface area (Å²) in [7, 11) is 0. The van der Waals surface area contributed by atoms with Crippen molar-refractivity contribution in [2.45, 2.75) is 32.1 Å². The van der Waals surface area contributed by atoms with Gasteiger partial charge in [-0.15, -0.1) is 0 Å². The molecule has 6 aromatic rings. The molecule has 0 fully saturated rings. The maximum atomic E-state index is 4.37. The third kappa shape index (κ3) is 5.83. The number of allylic oxidation sites excluding steroid dienone is 9. The first-order valence-electron chi connectivity index (χ1n) is 18.9. The Kier molecular flexibility index (Phi) is 8.36. The lowest BCUT2D eigenvalue weighted by atomic mass is 9.80. The van der Waals surface area contributed by atoms with Crippen LogP contribution in [0.2, 0.25) is 0 Å². The van der Waals surface area contributed by atoms with Gasteiger partial charge in [0.15, 0.2) is 0 Å². The molecule has 6 aromatic carbocycles. The number of rotatable bonds is 5. The Morgan fingerprint density at radius 3 is 1.85 bits per heavy atom. The summed E-state index contributed by atoms with van der Waals surface area (Å²) in [5.41, 5.74) is 20.9. The summed E-state index contributed by atoms with van der Waals surface area (Å²) in [6.07, 6.45) is 12.6. The van der Waals surface area contributed by atoms with E-state index in [1.807, 2.05) is 0 Å². The molecule has 1 heteroatoms. The average molecular weight is 694 g/mol. The van der Waals surface area contributed by atoms with Crippen molar-refractivity contribution in [3.8, 4) is 33.4 Å². The Labute approximate surface area is 320 Å². The van der Waals surface area contributed by atoms with Gasteiger partial charge in [0.05, 0.1) is 0 Å².